The van der Waals surface area contributed by atoms with Crippen LogP contribution in [-0.2, 0) is 34.4 Å². The van der Waals surface area contributed by atoms with Gasteiger partial charge in [-0.2, -0.15) is 10.1 Å². The molecule has 296 valence electrons. The number of aromatic nitrogens is 4. The zero-order valence-electron chi connectivity index (χ0n) is 32.7. The van der Waals surface area contributed by atoms with Crippen LogP contribution in [0.5, 0.6) is 0 Å². The topological polar surface area (TPSA) is 175 Å². The summed E-state index contributed by atoms with van der Waals surface area (Å²) in [6.45, 7) is 7.09. The van der Waals surface area contributed by atoms with E-state index in [4.69, 9.17) is 4.98 Å². The van der Waals surface area contributed by atoms with E-state index < -0.39 is 29.7 Å². The van der Waals surface area contributed by atoms with Gasteiger partial charge < -0.3 is 15.5 Å². The van der Waals surface area contributed by atoms with Gasteiger partial charge in [-0.25, -0.2) is 9.67 Å². The van der Waals surface area contributed by atoms with Crippen LogP contribution in [0.25, 0.3) is 11.0 Å². The molecule has 6 heterocycles. The van der Waals surface area contributed by atoms with Crippen LogP contribution in [0.3, 0.4) is 0 Å². The average Bonchev–Trinajstić information content (AvgIpc) is 3.66. The molecule has 0 saturated carbocycles. The summed E-state index contributed by atoms with van der Waals surface area (Å²) < 4.78 is 1.75. The highest BCUT2D eigenvalue weighted by Gasteiger charge is 2.45. The molecule has 0 spiro atoms. The number of benzene rings is 3. The molecule has 3 aromatic carbocycles. The summed E-state index contributed by atoms with van der Waals surface area (Å²) in [5.74, 6) is -0.666. The van der Waals surface area contributed by atoms with E-state index in [0.29, 0.717) is 43.6 Å². The smallest absolute Gasteiger partial charge is 0.262 e. The average molecular weight is 781 g/mol. The van der Waals surface area contributed by atoms with Crippen LogP contribution < -0.4 is 16.0 Å². The van der Waals surface area contributed by atoms with Crippen LogP contribution in [0.1, 0.15) is 80.1 Å². The summed E-state index contributed by atoms with van der Waals surface area (Å²) in [7, 11) is 1.87. The number of likely N-dealkylation sites (tertiary alicyclic amines) is 1. The van der Waals surface area contributed by atoms with E-state index in [2.05, 4.69) is 69.0 Å². The van der Waals surface area contributed by atoms with E-state index in [9.17, 15) is 24.0 Å². The van der Waals surface area contributed by atoms with Crippen molar-refractivity contribution < 1.29 is 24.0 Å². The lowest BCUT2D eigenvalue weighted by molar-refractivity contribution is -0.136. The minimum absolute atomic E-state index is 0.0755. The Hall–Kier alpha value is -6.48. The third-order valence-electron chi connectivity index (χ3n) is 12.0. The molecule has 1 unspecified atom stereocenters. The largest absolute Gasteiger partial charge is 0.342 e. The minimum atomic E-state index is -0.996. The molecule has 2 fully saturated rings. The fourth-order valence-electron chi connectivity index (χ4n) is 8.77. The maximum atomic E-state index is 13.6. The number of rotatable bonds is 8. The Morgan fingerprint density at radius 1 is 0.862 bits per heavy atom. The van der Waals surface area contributed by atoms with Gasteiger partial charge in [0, 0.05) is 57.2 Å². The van der Waals surface area contributed by atoms with Crippen molar-refractivity contribution >= 4 is 63.7 Å². The Morgan fingerprint density at radius 3 is 2.41 bits per heavy atom. The second kappa shape index (κ2) is 14.8. The van der Waals surface area contributed by atoms with Crippen molar-refractivity contribution in [3.63, 3.8) is 0 Å². The number of hydrogen-bond donors (Lipinski definition) is 3. The zero-order chi connectivity index (χ0) is 40.2. The van der Waals surface area contributed by atoms with E-state index in [1.54, 1.807) is 23.0 Å². The Bertz CT molecular complexity index is 2520. The van der Waals surface area contributed by atoms with Crippen LogP contribution in [0.15, 0.2) is 60.8 Å². The van der Waals surface area contributed by atoms with Gasteiger partial charge in [-0.3, -0.25) is 39.1 Å². The number of para-hydroxylation sites is 1. The number of piperidine rings is 2. The monoisotopic (exact) mass is 780 g/mol. The van der Waals surface area contributed by atoms with Gasteiger partial charge in [-0.15, -0.1) is 0 Å². The Morgan fingerprint density at radius 2 is 1.64 bits per heavy atom. The molecule has 58 heavy (non-hydrogen) atoms. The van der Waals surface area contributed by atoms with Gasteiger partial charge in [0.15, 0.2) is 11.5 Å². The fourth-order valence-corrected chi connectivity index (χ4v) is 8.77. The van der Waals surface area contributed by atoms with Gasteiger partial charge in [0.25, 0.3) is 11.8 Å². The first-order valence-corrected chi connectivity index (χ1v) is 19.8. The lowest BCUT2D eigenvalue weighted by atomic mass is 9.87. The van der Waals surface area contributed by atoms with Crippen molar-refractivity contribution in [1.29, 1.82) is 0 Å². The molecule has 15 heteroatoms. The third kappa shape index (κ3) is 6.84. The predicted octanol–water partition coefficient (Wildman–Crippen LogP) is 4.63. The molecule has 4 aliphatic rings. The number of hydrogen-bond acceptors (Lipinski definition) is 11. The van der Waals surface area contributed by atoms with Gasteiger partial charge in [0.1, 0.15) is 6.04 Å². The summed E-state index contributed by atoms with van der Waals surface area (Å²) in [6, 6.07) is 16.8. The third-order valence-corrected chi connectivity index (χ3v) is 12.0. The first-order chi connectivity index (χ1) is 28.0. The van der Waals surface area contributed by atoms with Crippen molar-refractivity contribution in [1.82, 2.24) is 39.8 Å². The van der Waals surface area contributed by atoms with Crippen molar-refractivity contribution in [2.45, 2.75) is 64.5 Å². The predicted molar refractivity (Wildman–Crippen MR) is 216 cm³/mol. The SMILES string of the molecule is Cc1cccc(C)c1Nc1nn(C)c2nc(Nc3ccc4c(c3)CN(CC(=O)N3CCC(c5ccc6c(c5)C(=O)N(C5CCC(=O)NC5=O)C6=O)CC3)CC4)ncc12. The number of carbonyl (C=O) groups is 5. The molecule has 0 radical (unpaired) electrons. The lowest BCUT2D eigenvalue weighted by Crippen LogP contribution is -2.54. The molecule has 4 aliphatic heterocycles. The van der Waals surface area contributed by atoms with E-state index in [0.717, 1.165) is 69.7 Å². The van der Waals surface area contributed by atoms with Crippen LogP contribution in [-0.4, -0.2) is 96.2 Å². The maximum absolute atomic E-state index is 13.6. The minimum Gasteiger partial charge on any atom is -0.342 e. The number of nitrogens with one attached hydrogen (secondary N) is 3. The molecule has 3 N–H and O–H groups in total. The first-order valence-electron chi connectivity index (χ1n) is 19.8. The van der Waals surface area contributed by atoms with Crippen molar-refractivity contribution in [3.8, 4) is 0 Å². The van der Waals surface area contributed by atoms with Crippen molar-refractivity contribution in [2.75, 3.05) is 36.8 Å². The second-order valence-electron chi connectivity index (χ2n) is 15.8. The molecule has 2 aromatic heterocycles. The van der Waals surface area contributed by atoms with Gasteiger partial charge in [0.2, 0.25) is 23.7 Å². The summed E-state index contributed by atoms with van der Waals surface area (Å²) in [6.07, 6.45) is 4.30. The molecular formula is C43H44N10O5. The molecule has 15 nitrogen and oxygen atoms in total. The lowest BCUT2D eigenvalue weighted by Gasteiger charge is -2.35. The molecule has 9 rings (SSSR count). The van der Waals surface area contributed by atoms with Crippen molar-refractivity contribution in [3.05, 3.63) is 99.7 Å². The van der Waals surface area contributed by atoms with E-state index in [1.807, 2.05) is 30.1 Å². The van der Waals surface area contributed by atoms with Gasteiger partial charge in [-0.05, 0) is 97.5 Å². The fraction of sp³-hybridized carbons (Fsp3) is 0.349. The molecule has 2 saturated heterocycles. The van der Waals surface area contributed by atoms with E-state index >= 15 is 0 Å². The number of imide groups is 2. The number of anilines is 4. The summed E-state index contributed by atoms with van der Waals surface area (Å²) >= 11 is 0. The number of nitrogens with zero attached hydrogens (tertiary/aromatic N) is 7. The Balaban J connectivity index is 0.802. The molecular weight excluding hydrogens is 737 g/mol. The summed E-state index contributed by atoms with van der Waals surface area (Å²) in [5, 5.41) is 14.6. The number of fused-ring (bicyclic) bond motifs is 3. The van der Waals surface area contributed by atoms with Crippen LogP contribution >= 0.6 is 0 Å². The Kier molecular flexibility index (Phi) is 9.47. The highest BCUT2D eigenvalue weighted by molar-refractivity contribution is 6.23. The van der Waals surface area contributed by atoms with Crippen LogP contribution in [0.4, 0.5) is 23.1 Å². The summed E-state index contributed by atoms with van der Waals surface area (Å²) in [4.78, 5) is 78.7. The zero-order valence-corrected chi connectivity index (χ0v) is 32.7. The highest BCUT2D eigenvalue weighted by atomic mass is 16.2. The molecule has 0 bridgehead atoms. The number of aryl methyl sites for hydroxylation is 3. The van der Waals surface area contributed by atoms with Gasteiger partial charge >= 0.3 is 0 Å². The van der Waals surface area contributed by atoms with Crippen molar-refractivity contribution in [2.24, 2.45) is 7.05 Å². The van der Waals surface area contributed by atoms with Crippen LogP contribution in [0.2, 0.25) is 0 Å². The summed E-state index contributed by atoms with van der Waals surface area (Å²) in [5.41, 5.74) is 8.77. The van der Waals surface area contributed by atoms with Gasteiger partial charge in [0.05, 0.1) is 23.1 Å². The van der Waals surface area contributed by atoms with E-state index in [1.165, 1.54) is 5.56 Å². The standard InChI is InChI=1S/C43H44N10O5/c1-24-5-4-6-25(2)37(24)47-38-33-21-44-43(48-39(33)50(3)49-38)45-30-9-7-26-13-16-51(22-29(26)19-30)23-36(55)52-17-14-27(15-18-52)28-8-10-31-32(20-28)42(58)53(41(31)57)34-11-12-35(54)46-40(34)56/h4-10,19-21,27,34H,11-18,22-23H2,1-3H3,(H,47,49)(H,44,45,48)(H,46,54,56). The molecule has 5 aromatic rings. The highest BCUT2D eigenvalue weighted by Crippen LogP contribution is 2.35. The van der Waals surface area contributed by atoms with Crippen LogP contribution in [0, 0.1) is 13.8 Å². The normalized spacial score (nSPS) is 18.7. The first kappa shape index (κ1) is 37.1. The maximum Gasteiger partial charge on any atom is 0.262 e. The molecule has 5 amide bonds. The quantitative estimate of drug-likeness (QED) is 0.187. The second-order valence-corrected chi connectivity index (χ2v) is 15.8. The molecule has 0 aliphatic carbocycles. The van der Waals surface area contributed by atoms with Gasteiger partial charge in [-0.1, -0.05) is 30.3 Å². The van der Waals surface area contributed by atoms with E-state index in [-0.39, 0.29) is 35.8 Å². The molecule has 1 atom stereocenters. The number of amides is 5. The Labute approximate surface area is 334 Å². The number of carbonyl (C=O) groups excluding carboxylic acids is 5.